The number of aromatic nitrogens is 1. The molecule has 2 aliphatic rings. The number of aliphatic hydroxyl groups is 1. The van der Waals surface area contributed by atoms with E-state index in [0.717, 1.165) is 29.7 Å². The topological polar surface area (TPSA) is 150 Å². The second-order valence-electron chi connectivity index (χ2n) is 8.14. The molecule has 0 radical (unpaired) electrons. The molecule has 0 bridgehead atoms. The highest BCUT2D eigenvalue weighted by Crippen LogP contribution is 2.19. The monoisotopic (exact) mass is 491 g/mol. The SMILES string of the molecule is COC(=O)C[C@H]1C(=O)N(OC(C)=O)CCN1C(=O)C(O)CC(=O)N1CCN(c2ccncc2)CC1. The molecule has 13 nitrogen and oxygen atoms in total. The van der Waals surface area contributed by atoms with Crippen LogP contribution in [-0.2, 0) is 33.5 Å². The van der Waals surface area contributed by atoms with Gasteiger partial charge in [-0.2, -0.15) is 5.06 Å². The number of esters is 1. The Morgan fingerprint density at radius 3 is 2.34 bits per heavy atom. The Balaban J connectivity index is 1.59. The summed E-state index contributed by atoms with van der Waals surface area (Å²) in [5, 5.41) is 11.3. The average molecular weight is 492 g/mol. The molecule has 190 valence electrons. The molecular formula is C22H29N5O8. The van der Waals surface area contributed by atoms with Crippen molar-refractivity contribution in [3.05, 3.63) is 24.5 Å². The Kier molecular flexibility index (Phi) is 8.58. The van der Waals surface area contributed by atoms with Gasteiger partial charge in [0.25, 0.3) is 11.8 Å². The predicted molar refractivity (Wildman–Crippen MR) is 119 cm³/mol. The summed E-state index contributed by atoms with van der Waals surface area (Å²) < 4.78 is 4.60. The lowest BCUT2D eigenvalue weighted by atomic mass is 10.1. The number of piperazine rings is 2. The van der Waals surface area contributed by atoms with Crippen LogP contribution in [0.4, 0.5) is 5.69 Å². The minimum absolute atomic E-state index is 0.102. The van der Waals surface area contributed by atoms with Gasteiger partial charge in [0.15, 0.2) is 0 Å². The first-order valence-corrected chi connectivity index (χ1v) is 11.2. The van der Waals surface area contributed by atoms with Gasteiger partial charge in [-0.15, -0.1) is 0 Å². The Morgan fingerprint density at radius 1 is 1.09 bits per heavy atom. The van der Waals surface area contributed by atoms with Crippen LogP contribution in [0.1, 0.15) is 19.8 Å². The van der Waals surface area contributed by atoms with Crippen molar-refractivity contribution in [3.8, 4) is 0 Å². The molecule has 1 unspecified atom stereocenters. The van der Waals surface area contributed by atoms with Crippen LogP contribution >= 0.6 is 0 Å². The van der Waals surface area contributed by atoms with Crippen LogP contribution < -0.4 is 4.90 Å². The molecule has 1 N–H and O–H groups in total. The van der Waals surface area contributed by atoms with Crippen molar-refractivity contribution in [1.29, 1.82) is 0 Å². The van der Waals surface area contributed by atoms with Gasteiger partial charge in [-0.05, 0) is 12.1 Å². The molecule has 0 aliphatic carbocycles. The van der Waals surface area contributed by atoms with Gasteiger partial charge in [0.05, 0.1) is 26.5 Å². The Bertz CT molecular complexity index is 950. The second-order valence-corrected chi connectivity index (χ2v) is 8.14. The zero-order chi connectivity index (χ0) is 25.5. The van der Waals surface area contributed by atoms with E-state index in [1.54, 1.807) is 17.3 Å². The van der Waals surface area contributed by atoms with Crippen molar-refractivity contribution < 1.29 is 38.7 Å². The summed E-state index contributed by atoms with van der Waals surface area (Å²) in [6, 6.07) is 2.43. The summed E-state index contributed by atoms with van der Waals surface area (Å²) in [6.07, 6.45) is 0.737. The van der Waals surface area contributed by atoms with Gasteiger partial charge in [-0.1, -0.05) is 0 Å². The van der Waals surface area contributed by atoms with Gasteiger partial charge >= 0.3 is 11.9 Å². The maximum Gasteiger partial charge on any atom is 0.329 e. The van der Waals surface area contributed by atoms with Crippen molar-refractivity contribution in [2.45, 2.75) is 31.9 Å². The number of hydrogen-bond donors (Lipinski definition) is 1. The number of pyridine rings is 1. The zero-order valence-electron chi connectivity index (χ0n) is 19.7. The lowest BCUT2D eigenvalue weighted by Gasteiger charge is -2.39. The van der Waals surface area contributed by atoms with E-state index >= 15 is 0 Å². The fourth-order valence-electron chi connectivity index (χ4n) is 4.05. The van der Waals surface area contributed by atoms with Gasteiger partial charge in [-0.25, -0.2) is 0 Å². The van der Waals surface area contributed by atoms with Crippen molar-refractivity contribution in [1.82, 2.24) is 19.8 Å². The Morgan fingerprint density at radius 2 is 1.74 bits per heavy atom. The largest absolute Gasteiger partial charge is 0.469 e. The second kappa shape index (κ2) is 11.6. The Hall–Kier alpha value is -3.74. The summed E-state index contributed by atoms with van der Waals surface area (Å²) >= 11 is 0. The van der Waals surface area contributed by atoms with Crippen LogP contribution in [0.2, 0.25) is 0 Å². The molecule has 2 saturated heterocycles. The smallest absolute Gasteiger partial charge is 0.329 e. The van der Waals surface area contributed by atoms with Gasteiger partial charge in [0.2, 0.25) is 5.91 Å². The minimum Gasteiger partial charge on any atom is -0.469 e. The van der Waals surface area contributed by atoms with Crippen LogP contribution in [0.25, 0.3) is 0 Å². The summed E-state index contributed by atoms with van der Waals surface area (Å²) in [6.45, 7) is 2.90. The molecule has 35 heavy (non-hydrogen) atoms. The third-order valence-corrected chi connectivity index (χ3v) is 5.87. The number of hydrogen-bond acceptors (Lipinski definition) is 10. The van der Waals surface area contributed by atoms with Gasteiger partial charge in [0, 0.05) is 57.7 Å². The number of anilines is 1. The number of ether oxygens (including phenoxy) is 1. The third kappa shape index (κ3) is 6.44. The minimum atomic E-state index is -1.70. The van der Waals surface area contributed by atoms with E-state index in [-0.39, 0.29) is 13.1 Å². The van der Waals surface area contributed by atoms with Crippen LogP contribution in [0.5, 0.6) is 0 Å². The van der Waals surface area contributed by atoms with Crippen LogP contribution in [0, 0.1) is 0 Å². The van der Waals surface area contributed by atoms with E-state index in [1.165, 1.54) is 0 Å². The van der Waals surface area contributed by atoms with Crippen molar-refractivity contribution in [2.75, 3.05) is 51.3 Å². The van der Waals surface area contributed by atoms with E-state index < -0.39 is 54.6 Å². The molecule has 2 aliphatic heterocycles. The first-order chi connectivity index (χ1) is 16.7. The van der Waals surface area contributed by atoms with Crippen molar-refractivity contribution >= 4 is 35.3 Å². The molecule has 13 heteroatoms. The fourth-order valence-corrected chi connectivity index (χ4v) is 4.05. The molecule has 1 aromatic heterocycles. The molecule has 0 aromatic carbocycles. The highest BCUT2D eigenvalue weighted by molar-refractivity contribution is 5.94. The highest BCUT2D eigenvalue weighted by atomic mass is 16.7. The molecule has 3 heterocycles. The average Bonchev–Trinajstić information content (AvgIpc) is 2.86. The molecule has 3 amide bonds. The molecule has 2 fully saturated rings. The number of carbonyl (C=O) groups is 5. The summed E-state index contributed by atoms with van der Waals surface area (Å²) in [5.41, 5.74) is 0.997. The molecular weight excluding hydrogens is 462 g/mol. The van der Waals surface area contributed by atoms with E-state index in [0.29, 0.717) is 26.2 Å². The van der Waals surface area contributed by atoms with Crippen LogP contribution in [-0.4, -0.2) is 113 Å². The van der Waals surface area contributed by atoms with Crippen LogP contribution in [0.15, 0.2) is 24.5 Å². The molecule has 3 rings (SSSR count). The van der Waals surface area contributed by atoms with Gasteiger partial charge in [-0.3, -0.25) is 29.0 Å². The predicted octanol–water partition coefficient (Wildman–Crippen LogP) is -1.44. The number of carbonyl (C=O) groups excluding carboxylic acids is 5. The van der Waals surface area contributed by atoms with Crippen molar-refractivity contribution in [2.24, 2.45) is 0 Å². The summed E-state index contributed by atoms with van der Waals surface area (Å²) in [4.78, 5) is 75.1. The van der Waals surface area contributed by atoms with Crippen molar-refractivity contribution in [3.63, 3.8) is 0 Å². The summed E-state index contributed by atoms with van der Waals surface area (Å²) in [5.74, 6) is -3.54. The number of methoxy groups -OCH3 is 1. The van der Waals surface area contributed by atoms with Crippen LogP contribution in [0.3, 0.4) is 0 Å². The third-order valence-electron chi connectivity index (χ3n) is 5.87. The first kappa shape index (κ1) is 25.9. The fraction of sp³-hybridized carbons (Fsp3) is 0.545. The lowest BCUT2D eigenvalue weighted by Crippen LogP contribution is -2.61. The van der Waals surface area contributed by atoms with E-state index in [4.69, 9.17) is 4.84 Å². The molecule has 2 atom stereocenters. The maximum absolute atomic E-state index is 13.0. The number of rotatable bonds is 7. The number of amides is 3. The normalized spacial score (nSPS) is 19.3. The van der Waals surface area contributed by atoms with E-state index in [1.807, 2.05) is 12.1 Å². The first-order valence-electron chi connectivity index (χ1n) is 11.2. The standard InChI is InChI=1S/C22H29N5O8/c1-15(28)35-27-12-11-26(17(21(27)32)13-20(31)34-2)22(33)18(29)14-19(30)25-9-7-24(8-10-25)16-3-5-23-6-4-16/h3-6,17-18,29H,7-14H2,1-2H3/t17-,18?/m0/s1. The number of nitrogens with zero attached hydrogens (tertiary/aromatic N) is 5. The van der Waals surface area contributed by atoms with E-state index in [9.17, 15) is 29.1 Å². The number of aliphatic hydroxyl groups excluding tert-OH is 1. The maximum atomic E-state index is 13.0. The highest BCUT2D eigenvalue weighted by Gasteiger charge is 2.42. The zero-order valence-corrected chi connectivity index (χ0v) is 19.7. The lowest BCUT2D eigenvalue weighted by molar-refractivity contribution is -0.208. The Labute approximate surface area is 202 Å². The molecule has 0 spiro atoms. The quantitative estimate of drug-likeness (QED) is 0.449. The number of hydroxylamine groups is 2. The summed E-state index contributed by atoms with van der Waals surface area (Å²) in [7, 11) is 1.13. The van der Waals surface area contributed by atoms with E-state index in [2.05, 4.69) is 14.6 Å². The van der Waals surface area contributed by atoms with Gasteiger partial charge < -0.3 is 29.4 Å². The molecule has 0 saturated carbocycles. The molecule has 1 aromatic rings. The van der Waals surface area contributed by atoms with Gasteiger partial charge in [0.1, 0.15) is 12.1 Å².